The maximum Gasteiger partial charge on any atom is 0.200 e. The summed E-state index contributed by atoms with van der Waals surface area (Å²) in [4.78, 5) is 15.8. The number of nitrogens with zero attached hydrogens (tertiary/aromatic N) is 1. The molecular formula is C13H9F2NO. The highest BCUT2D eigenvalue weighted by Crippen LogP contribution is 2.18. The number of rotatable bonds is 2. The van der Waals surface area contributed by atoms with Crippen molar-refractivity contribution >= 4 is 5.78 Å². The van der Waals surface area contributed by atoms with Crippen LogP contribution in [0.2, 0.25) is 0 Å². The lowest BCUT2D eigenvalue weighted by molar-refractivity contribution is 0.103. The van der Waals surface area contributed by atoms with E-state index in [0.717, 1.165) is 12.1 Å². The molecule has 0 bridgehead atoms. The molecule has 0 amide bonds. The number of pyridine rings is 1. The van der Waals surface area contributed by atoms with Crippen LogP contribution in [0.1, 0.15) is 21.5 Å². The largest absolute Gasteiger partial charge is 0.288 e. The van der Waals surface area contributed by atoms with E-state index in [2.05, 4.69) is 4.98 Å². The number of aromatic nitrogens is 1. The van der Waals surface area contributed by atoms with Gasteiger partial charge >= 0.3 is 0 Å². The number of aryl methyl sites for hydroxylation is 1. The Morgan fingerprint density at radius 3 is 2.41 bits per heavy atom. The summed E-state index contributed by atoms with van der Waals surface area (Å²) in [6.07, 6.45) is 2.83. The maximum atomic E-state index is 13.4. The normalized spacial score (nSPS) is 10.3. The molecule has 0 fully saturated rings. The zero-order valence-corrected chi connectivity index (χ0v) is 9.08. The lowest BCUT2D eigenvalue weighted by atomic mass is 10.0. The summed E-state index contributed by atoms with van der Waals surface area (Å²) in [5.74, 6) is -2.41. The van der Waals surface area contributed by atoms with Crippen molar-refractivity contribution in [3.8, 4) is 0 Å². The minimum absolute atomic E-state index is 0.205. The van der Waals surface area contributed by atoms with Gasteiger partial charge in [0.05, 0.1) is 5.56 Å². The van der Waals surface area contributed by atoms with Crippen LogP contribution >= 0.6 is 0 Å². The molecule has 0 unspecified atom stereocenters. The third-order valence-corrected chi connectivity index (χ3v) is 2.47. The molecule has 0 saturated carbocycles. The van der Waals surface area contributed by atoms with E-state index in [1.165, 1.54) is 18.5 Å². The molecule has 1 aromatic heterocycles. The van der Waals surface area contributed by atoms with Gasteiger partial charge in [-0.2, -0.15) is 0 Å². The summed E-state index contributed by atoms with van der Waals surface area (Å²) < 4.78 is 26.9. The van der Waals surface area contributed by atoms with Gasteiger partial charge in [0.15, 0.2) is 0 Å². The van der Waals surface area contributed by atoms with Crippen LogP contribution in [0.3, 0.4) is 0 Å². The summed E-state index contributed by atoms with van der Waals surface area (Å²) in [5, 5.41) is 0. The zero-order valence-electron chi connectivity index (χ0n) is 9.08. The number of benzene rings is 1. The van der Waals surface area contributed by atoms with Crippen LogP contribution in [0.25, 0.3) is 0 Å². The van der Waals surface area contributed by atoms with Gasteiger partial charge < -0.3 is 0 Å². The second-order valence-corrected chi connectivity index (χ2v) is 3.62. The summed E-state index contributed by atoms with van der Waals surface area (Å²) in [7, 11) is 0. The lowest BCUT2D eigenvalue weighted by Gasteiger charge is -2.06. The highest BCUT2D eigenvalue weighted by Gasteiger charge is 2.19. The molecule has 2 nitrogen and oxygen atoms in total. The van der Waals surface area contributed by atoms with Crippen molar-refractivity contribution in [1.29, 1.82) is 0 Å². The molecule has 2 rings (SSSR count). The second-order valence-electron chi connectivity index (χ2n) is 3.62. The molecule has 0 aliphatic carbocycles. The first-order valence-corrected chi connectivity index (χ1v) is 5.00. The number of halogens is 2. The van der Waals surface area contributed by atoms with E-state index >= 15 is 0 Å². The minimum Gasteiger partial charge on any atom is -0.288 e. The third-order valence-electron chi connectivity index (χ3n) is 2.47. The number of hydrogen-bond acceptors (Lipinski definition) is 2. The van der Waals surface area contributed by atoms with Gasteiger partial charge in [-0.1, -0.05) is 6.07 Å². The van der Waals surface area contributed by atoms with Crippen LogP contribution < -0.4 is 0 Å². The van der Waals surface area contributed by atoms with Crippen molar-refractivity contribution in [3.63, 3.8) is 0 Å². The van der Waals surface area contributed by atoms with E-state index in [-0.39, 0.29) is 5.56 Å². The SMILES string of the molecule is Cc1ccncc1C(=O)c1c(F)cccc1F. The fourth-order valence-corrected chi connectivity index (χ4v) is 1.55. The van der Waals surface area contributed by atoms with E-state index in [0.29, 0.717) is 5.56 Å². The standard InChI is InChI=1S/C13H9F2NO/c1-8-5-6-16-7-9(8)13(17)12-10(14)3-2-4-11(12)15/h2-7H,1H3. The molecule has 2 aromatic rings. The molecule has 0 N–H and O–H groups in total. The smallest absolute Gasteiger partial charge is 0.200 e. The Labute approximate surface area is 96.9 Å². The Hall–Kier alpha value is -2.10. The molecule has 0 spiro atoms. The van der Waals surface area contributed by atoms with Crippen molar-refractivity contribution < 1.29 is 13.6 Å². The molecule has 0 atom stereocenters. The van der Waals surface area contributed by atoms with Crippen molar-refractivity contribution in [2.24, 2.45) is 0 Å². The van der Waals surface area contributed by atoms with Crippen LogP contribution in [-0.4, -0.2) is 10.8 Å². The molecule has 0 saturated heterocycles. The van der Waals surface area contributed by atoms with E-state index in [1.54, 1.807) is 13.0 Å². The Balaban J connectivity index is 2.56. The number of carbonyl (C=O) groups excluding carboxylic acids is 1. The third kappa shape index (κ3) is 2.06. The number of hydrogen-bond donors (Lipinski definition) is 0. The van der Waals surface area contributed by atoms with Gasteiger partial charge in [0, 0.05) is 18.0 Å². The molecule has 0 aliphatic rings. The summed E-state index contributed by atoms with van der Waals surface area (Å²) in [6, 6.07) is 4.95. The van der Waals surface area contributed by atoms with E-state index in [4.69, 9.17) is 0 Å². The van der Waals surface area contributed by atoms with Crippen LogP contribution in [-0.2, 0) is 0 Å². The lowest BCUT2D eigenvalue weighted by Crippen LogP contribution is -2.09. The monoisotopic (exact) mass is 233 g/mol. The Kier molecular flexibility index (Phi) is 2.95. The first-order valence-electron chi connectivity index (χ1n) is 5.00. The predicted octanol–water partition coefficient (Wildman–Crippen LogP) is 2.90. The van der Waals surface area contributed by atoms with E-state index in [1.807, 2.05) is 0 Å². The van der Waals surface area contributed by atoms with Gasteiger partial charge in [-0.25, -0.2) is 8.78 Å². The second kappa shape index (κ2) is 4.41. The zero-order chi connectivity index (χ0) is 12.4. The summed E-state index contributed by atoms with van der Waals surface area (Å²) >= 11 is 0. The Morgan fingerprint density at radius 2 is 1.82 bits per heavy atom. The van der Waals surface area contributed by atoms with E-state index in [9.17, 15) is 13.6 Å². The maximum absolute atomic E-state index is 13.4. The van der Waals surface area contributed by atoms with Gasteiger partial charge in [-0.3, -0.25) is 9.78 Å². The molecule has 4 heteroatoms. The topological polar surface area (TPSA) is 30.0 Å². The molecule has 1 aromatic carbocycles. The average molecular weight is 233 g/mol. The highest BCUT2D eigenvalue weighted by molar-refractivity contribution is 6.10. The first-order chi connectivity index (χ1) is 8.11. The fraction of sp³-hybridized carbons (Fsp3) is 0.0769. The molecular weight excluding hydrogens is 224 g/mol. The number of carbonyl (C=O) groups is 1. The van der Waals surface area contributed by atoms with Crippen LogP contribution in [0.5, 0.6) is 0 Å². The molecule has 86 valence electrons. The van der Waals surface area contributed by atoms with Crippen LogP contribution in [0.15, 0.2) is 36.7 Å². The molecule has 0 aliphatic heterocycles. The van der Waals surface area contributed by atoms with Crippen molar-refractivity contribution in [1.82, 2.24) is 4.98 Å². The van der Waals surface area contributed by atoms with Crippen molar-refractivity contribution in [3.05, 3.63) is 65.0 Å². The quantitative estimate of drug-likeness (QED) is 0.746. The average Bonchev–Trinajstić information content (AvgIpc) is 2.29. The van der Waals surface area contributed by atoms with Gasteiger partial charge in [0.25, 0.3) is 0 Å². The Morgan fingerprint density at radius 1 is 1.18 bits per heavy atom. The van der Waals surface area contributed by atoms with Crippen LogP contribution in [0, 0.1) is 18.6 Å². The fourth-order valence-electron chi connectivity index (χ4n) is 1.55. The summed E-state index contributed by atoms with van der Waals surface area (Å²) in [5.41, 5.74) is 0.299. The van der Waals surface area contributed by atoms with Crippen LogP contribution in [0.4, 0.5) is 8.78 Å². The van der Waals surface area contributed by atoms with Gasteiger partial charge in [0.1, 0.15) is 11.6 Å². The van der Waals surface area contributed by atoms with E-state index < -0.39 is 23.0 Å². The highest BCUT2D eigenvalue weighted by atomic mass is 19.1. The van der Waals surface area contributed by atoms with Gasteiger partial charge in [-0.15, -0.1) is 0 Å². The Bertz CT molecular complexity index is 561. The molecule has 0 radical (unpaired) electrons. The molecule has 17 heavy (non-hydrogen) atoms. The number of ketones is 1. The molecule has 1 heterocycles. The van der Waals surface area contributed by atoms with Gasteiger partial charge in [-0.05, 0) is 30.7 Å². The van der Waals surface area contributed by atoms with Crippen molar-refractivity contribution in [2.75, 3.05) is 0 Å². The predicted molar refractivity (Wildman–Crippen MR) is 58.8 cm³/mol. The minimum atomic E-state index is -0.863. The van der Waals surface area contributed by atoms with Gasteiger partial charge in [0.2, 0.25) is 5.78 Å². The summed E-state index contributed by atoms with van der Waals surface area (Å²) in [6.45, 7) is 1.69. The van der Waals surface area contributed by atoms with Crippen molar-refractivity contribution in [2.45, 2.75) is 6.92 Å². The first kappa shape index (κ1) is 11.4.